The maximum Gasteiger partial charge on any atom is 0.236 e. The molecule has 0 bridgehead atoms. The summed E-state index contributed by atoms with van der Waals surface area (Å²) in [4.78, 5) is 16.0. The third-order valence-corrected chi connectivity index (χ3v) is 3.79. The minimum Gasteiger partial charge on any atom is -0.392 e. The van der Waals surface area contributed by atoms with Crippen molar-refractivity contribution < 1.29 is 9.90 Å². The summed E-state index contributed by atoms with van der Waals surface area (Å²) < 4.78 is 0. The molecule has 0 aromatic rings. The molecule has 5 nitrogen and oxygen atoms in total. The molecule has 1 saturated heterocycles. The van der Waals surface area contributed by atoms with Crippen LogP contribution in [0.2, 0.25) is 0 Å². The van der Waals surface area contributed by atoms with Crippen molar-refractivity contribution in [2.45, 2.75) is 51.7 Å². The van der Waals surface area contributed by atoms with Crippen molar-refractivity contribution in [1.29, 1.82) is 5.26 Å². The molecule has 1 N–H and O–H groups in total. The van der Waals surface area contributed by atoms with Gasteiger partial charge in [0.05, 0.1) is 25.1 Å². The molecule has 0 radical (unpaired) electrons. The van der Waals surface area contributed by atoms with Gasteiger partial charge in [0.2, 0.25) is 5.91 Å². The Kier molecular flexibility index (Phi) is 6.82. The molecule has 108 valence electrons. The first-order valence-corrected chi connectivity index (χ1v) is 7.17. The molecule has 2 atom stereocenters. The highest BCUT2D eigenvalue weighted by Gasteiger charge is 2.28. The van der Waals surface area contributed by atoms with Crippen LogP contribution in [0, 0.1) is 11.3 Å². The van der Waals surface area contributed by atoms with Crippen molar-refractivity contribution in [1.82, 2.24) is 9.80 Å². The number of likely N-dealkylation sites (N-methyl/N-ethyl adjacent to an activating group) is 1. The maximum atomic E-state index is 12.2. The summed E-state index contributed by atoms with van der Waals surface area (Å²) in [5.41, 5.74) is 0. The van der Waals surface area contributed by atoms with Crippen LogP contribution in [-0.4, -0.2) is 59.1 Å². The van der Waals surface area contributed by atoms with Crippen molar-refractivity contribution in [3.63, 3.8) is 0 Å². The van der Waals surface area contributed by atoms with Gasteiger partial charge >= 0.3 is 0 Å². The van der Waals surface area contributed by atoms with Crippen LogP contribution in [0.15, 0.2) is 0 Å². The predicted molar refractivity (Wildman–Crippen MR) is 73.4 cm³/mol. The van der Waals surface area contributed by atoms with E-state index in [1.54, 1.807) is 11.8 Å². The van der Waals surface area contributed by atoms with Crippen molar-refractivity contribution in [3.05, 3.63) is 0 Å². The number of rotatable bonds is 6. The molecular formula is C14H25N3O2. The lowest BCUT2D eigenvalue weighted by atomic mass is 9.98. The summed E-state index contributed by atoms with van der Waals surface area (Å²) in [6.07, 6.45) is 3.13. The molecule has 0 aromatic carbocycles. The molecule has 1 heterocycles. The fourth-order valence-electron chi connectivity index (χ4n) is 2.68. The summed E-state index contributed by atoms with van der Waals surface area (Å²) >= 11 is 0. The second kappa shape index (κ2) is 8.13. The first kappa shape index (κ1) is 15.9. The van der Waals surface area contributed by atoms with Crippen LogP contribution in [0.5, 0.6) is 0 Å². The Balaban J connectivity index is 2.55. The van der Waals surface area contributed by atoms with Crippen LogP contribution in [0.3, 0.4) is 0 Å². The van der Waals surface area contributed by atoms with E-state index in [0.29, 0.717) is 26.1 Å². The van der Waals surface area contributed by atoms with E-state index in [1.165, 1.54) is 0 Å². The molecule has 0 saturated carbocycles. The number of likely N-dealkylation sites (tertiary alicyclic amines) is 1. The van der Waals surface area contributed by atoms with E-state index in [-0.39, 0.29) is 11.9 Å². The highest BCUT2D eigenvalue weighted by molar-refractivity contribution is 5.78. The van der Waals surface area contributed by atoms with Crippen LogP contribution < -0.4 is 0 Å². The van der Waals surface area contributed by atoms with Crippen LogP contribution >= 0.6 is 0 Å². The lowest BCUT2D eigenvalue weighted by Gasteiger charge is -2.37. The highest BCUT2D eigenvalue weighted by atomic mass is 16.3. The van der Waals surface area contributed by atoms with E-state index >= 15 is 0 Å². The van der Waals surface area contributed by atoms with E-state index in [1.807, 2.05) is 6.92 Å². The molecule has 0 spiro atoms. The third kappa shape index (κ3) is 4.81. The molecule has 1 fully saturated rings. The number of hydrogen-bond donors (Lipinski definition) is 1. The Bertz CT molecular complexity index is 325. The van der Waals surface area contributed by atoms with Crippen LogP contribution in [0.25, 0.3) is 0 Å². The lowest BCUT2D eigenvalue weighted by molar-refractivity contribution is -0.133. The van der Waals surface area contributed by atoms with Gasteiger partial charge in [0.25, 0.3) is 0 Å². The Morgan fingerprint density at radius 1 is 1.58 bits per heavy atom. The Hall–Kier alpha value is -1.12. The first-order chi connectivity index (χ1) is 9.10. The molecule has 0 aromatic heterocycles. The minimum atomic E-state index is -0.401. The number of aliphatic hydroxyl groups excluding tert-OH is 1. The van der Waals surface area contributed by atoms with Crippen LogP contribution in [0.1, 0.15) is 39.5 Å². The summed E-state index contributed by atoms with van der Waals surface area (Å²) in [7, 11) is 0. The lowest BCUT2D eigenvalue weighted by Crippen LogP contribution is -2.50. The largest absolute Gasteiger partial charge is 0.392 e. The van der Waals surface area contributed by atoms with E-state index in [9.17, 15) is 9.90 Å². The number of carbonyl (C=O) groups excluding carboxylic acids is 1. The van der Waals surface area contributed by atoms with E-state index in [2.05, 4.69) is 11.0 Å². The Morgan fingerprint density at radius 3 is 2.89 bits per heavy atom. The summed E-state index contributed by atoms with van der Waals surface area (Å²) in [6.45, 7) is 6.08. The van der Waals surface area contributed by atoms with E-state index in [0.717, 1.165) is 25.8 Å². The van der Waals surface area contributed by atoms with Crippen LogP contribution in [0.4, 0.5) is 0 Å². The zero-order valence-corrected chi connectivity index (χ0v) is 12.0. The molecule has 1 aliphatic rings. The number of amides is 1. The minimum absolute atomic E-state index is 0.0605. The molecule has 0 aliphatic carbocycles. The molecular weight excluding hydrogens is 242 g/mol. The number of aliphatic hydroxyl groups is 1. The van der Waals surface area contributed by atoms with Gasteiger partial charge in [-0.1, -0.05) is 6.42 Å². The summed E-state index contributed by atoms with van der Waals surface area (Å²) in [6, 6.07) is 2.16. The summed E-state index contributed by atoms with van der Waals surface area (Å²) in [5, 5.41) is 18.4. The fraction of sp³-hybridized carbons (Fsp3) is 0.857. The topological polar surface area (TPSA) is 67.6 Å². The van der Waals surface area contributed by atoms with Crippen molar-refractivity contribution in [3.8, 4) is 6.07 Å². The van der Waals surface area contributed by atoms with Gasteiger partial charge in [-0.05, 0) is 33.2 Å². The van der Waals surface area contributed by atoms with Gasteiger partial charge < -0.3 is 10.0 Å². The van der Waals surface area contributed by atoms with Crippen molar-refractivity contribution >= 4 is 5.91 Å². The Morgan fingerprint density at radius 2 is 2.32 bits per heavy atom. The van der Waals surface area contributed by atoms with Gasteiger partial charge in [0.15, 0.2) is 0 Å². The van der Waals surface area contributed by atoms with Crippen molar-refractivity contribution in [2.24, 2.45) is 0 Å². The predicted octanol–water partition coefficient (Wildman–Crippen LogP) is 0.984. The maximum absolute atomic E-state index is 12.2. The van der Waals surface area contributed by atoms with Gasteiger partial charge in [-0.25, -0.2) is 0 Å². The third-order valence-electron chi connectivity index (χ3n) is 3.79. The quantitative estimate of drug-likeness (QED) is 0.779. The normalized spacial score (nSPS) is 21.7. The summed E-state index contributed by atoms with van der Waals surface area (Å²) in [5.74, 6) is 0.0605. The van der Waals surface area contributed by atoms with Gasteiger partial charge in [0.1, 0.15) is 0 Å². The van der Waals surface area contributed by atoms with Gasteiger partial charge in [-0.3, -0.25) is 9.69 Å². The number of nitrogens with zero attached hydrogens (tertiary/aromatic N) is 3. The zero-order chi connectivity index (χ0) is 14.3. The van der Waals surface area contributed by atoms with Crippen LogP contribution in [-0.2, 0) is 4.79 Å². The van der Waals surface area contributed by atoms with Gasteiger partial charge in [0, 0.05) is 19.1 Å². The number of piperidine rings is 1. The smallest absolute Gasteiger partial charge is 0.236 e. The van der Waals surface area contributed by atoms with Gasteiger partial charge in [-0.15, -0.1) is 0 Å². The molecule has 2 unspecified atom stereocenters. The monoisotopic (exact) mass is 267 g/mol. The van der Waals surface area contributed by atoms with Gasteiger partial charge in [-0.2, -0.15) is 5.26 Å². The second-order valence-corrected chi connectivity index (χ2v) is 5.16. The fourth-order valence-corrected chi connectivity index (χ4v) is 2.68. The molecule has 1 amide bonds. The number of hydrogen-bond acceptors (Lipinski definition) is 4. The second-order valence-electron chi connectivity index (χ2n) is 5.16. The van der Waals surface area contributed by atoms with E-state index in [4.69, 9.17) is 5.26 Å². The first-order valence-electron chi connectivity index (χ1n) is 7.17. The van der Waals surface area contributed by atoms with Crippen molar-refractivity contribution in [2.75, 3.05) is 26.2 Å². The highest BCUT2D eigenvalue weighted by Crippen LogP contribution is 2.19. The zero-order valence-electron chi connectivity index (χ0n) is 12.0. The molecule has 5 heteroatoms. The Labute approximate surface area is 115 Å². The number of carbonyl (C=O) groups is 1. The molecule has 19 heavy (non-hydrogen) atoms. The number of nitriles is 1. The molecule has 1 aliphatic heterocycles. The SMILES string of the molecule is CCN(CCC#N)C(=O)CN1CCCCC1C(C)O. The standard InChI is InChI=1S/C14H25N3O2/c1-3-16(10-6-8-15)14(19)11-17-9-5-4-7-13(17)12(2)18/h12-13,18H,3-7,9-11H2,1-2H3. The molecule has 1 rings (SSSR count). The average Bonchev–Trinajstić information content (AvgIpc) is 2.40. The van der Waals surface area contributed by atoms with E-state index < -0.39 is 6.10 Å². The average molecular weight is 267 g/mol.